The first-order valence-electron chi connectivity index (χ1n) is 7.80. The summed E-state index contributed by atoms with van der Waals surface area (Å²) < 4.78 is 1.96. The van der Waals surface area contributed by atoms with E-state index in [0.29, 0.717) is 5.92 Å². The second-order valence-electron chi connectivity index (χ2n) is 5.76. The lowest BCUT2D eigenvalue weighted by atomic mass is 9.99. The maximum Gasteiger partial charge on any atom is 0.153 e. The minimum absolute atomic E-state index is 0.607. The van der Waals surface area contributed by atoms with Crippen LogP contribution in [0.4, 0.5) is 0 Å². The van der Waals surface area contributed by atoms with Gasteiger partial charge in [0.2, 0.25) is 0 Å². The summed E-state index contributed by atoms with van der Waals surface area (Å²) >= 11 is 0. The maximum absolute atomic E-state index is 4.66. The summed E-state index contributed by atoms with van der Waals surface area (Å²) in [4.78, 5) is 4.39. The summed E-state index contributed by atoms with van der Waals surface area (Å²) in [5, 5.41) is 8.16. The number of nitrogens with one attached hydrogen (secondary N) is 1. The van der Waals surface area contributed by atoms with Gasteiger partial charge in [-0.3, -0.25) is 0 Å². The monoisotopic (exact) mass is 286 g/mol. The quantitative estimate of drug-likeness (QED) is 0.795. The van der Waals surface area contributed by atoms with E-state index >= 15 is 0 Å². The lowest BCUT2D eigenvalue weighted by Crippen LogP contribution is -2.23. The molecule has 0 spiro atoms. The van der Waals surface area contributed by atoms with Crippen molar-refractivity contribution < 1.29 is 0 Å². The van der Waals surface area contributed by atoms with Crippen molar-refractivity contribution in [3.63, 3.8) is 0 Å². The molecule has 0 bridgehead atoms. The van der Waals surface area contributed by atoms with Crippen LogP contribution in [0.2, 0.25) is 0 Å². The fourth-order valence-corrected chi connectivity index (χ4v) is 2.62. The van der Waals surface area contributed by atoms with Gasteiger partial charge in [0.05, 0.1) is 5.69 Å². The Labute approximate surface area is 127 Å². The number of hydrogen-bond acceptors (Lipinski definition) is 3. The number of hydrogen-bond donors (Lipinski definition) is 1. The van der Waals surface area contributed by atoms with E-state index in [0.717, 1.165) is 31.0 Å². The van der Waals surface area contributed by atoms with Gasteiger partial charge in [-0.15, -0.1) is 0 Å². The second kappa shape index (κ2) is 7.36. The largest absolute Gasteiger partial charge is 0.316 e. The Morgan fingerprint density at radius 1 is 1.29 bits per heavy atom. The summed E-state index contributed by atoms with van der Waals surface area (Å²) in [5.41, 5.74) is 3.67. The summed E-state index contributed by atoms with van der Waals surface area (Å²) in [7, 11) is 0. The van der Waals surface area contributed by atoms with E-state index in [1.165, 1.54) is 17.7 Å². The number of aryl methyl sites for hydroxylation is 1. The molecule has 114 valence electrons. The van der Waals surface area contributed by atoms with E-state index < -0.39 is 0 Å². The molecule has 2 rings (SSSR count). The van der Waals surface area contributed by atoms with Crippen molar-refractivity contribution in [1.29, 1.82) is 0 Å². The van der Waals surface area contributed by atoms with Crippen molar-refractivity contribution >= 4 is 0 Å². The van der Waals surface area contributed by atoms with Crippen LogP contribution in [0.1, 0.15) is 37.2 Å². The molecule has 0 amide bonds. The maximum atomic E-state index is 4.66. The molecular weight excluding hydrogens is 260 g/mol. The minimum Gasteiger partial charge on any atom is -0.316 e. The van der Waals surface area contributed by atoms with E-state index in [9.17, 15) is 0 Å². The molecule has 1 unspecified atom stereocenters. The molecule has 1 N–H and O–H groups in total. The molecule has 0 aromatic carbocycles. The van der Waals surface area contributed by atoms with Gasteiger partial charge in [0.15, 0.2) is 5.82 Å². The molecule has 0 saturated carbocycles. The lowest BCUT2D eigenvalue weighted by molar-refractivity contribution is 0.509. The molecule has 21 heavy (non-hydrogen) atoms. The van der Waals surface area contributed by atoms with Crippen LogP contribution < -0.4 is 5.32 Å². The molecule has 0 aliphatic rings. The van der Waals surface area contributed by atoms with E-state index in [1.54, 1.807) is 0 Å². The Bertz CT molecular complexity index is 560. The fourth-order valence-electron chi connectivity index (χ4n) is 2.62. The first-order valence-corrected chi connectivity index (χ1v) is 7.80. The summed E-state index contributed by atoms with van der Waals surface area (Å²) in [6, 6.07) is 5.92. The molecular formula is C17H26N4. The van der Waals surface area contributed by atoms with Crippen LogP contribution in [-0.2, 0) is 6.42 Å². The Hall–Kier alpha value is -1.68. The summed E-state index contributed by atoms with van der Waals surface area (Å²) in [5.74, 6) is 1.50. The zero-order chi connectivity index (χ0) is 15.2. The van der Waals surface area contributed by atoms with Gasteiger partial charge in [-0.1, -0.05) is 19.9 Å². The van der Waals surface area contributed by atoms with Gasteiger partial charge >= 0.3 is 0 Å². The van der Waals surface area contributed by atoms with Crippen LogP contribution in [0.25, 0.3) is 5.82 Å². The highest BCUT2D eigenvalue weighted by molar-refractivity contribution is 5.32. The van der Waals surface area contributed by atoms with Crippen LogP contribution >= 0.6 is 0 Å². The van der Waals surface area contributed by atoms with Crippen LogP contribution in [0, 0.1) is 19.8 Å². The number of nitrogens with zero attached hydrogens (tertiary/aromatic N) is 3. The van der Waals surface area contributed by atoms with Gasteiger partial charge in [0.1, 0.15) is 0 Å². The molecule has 4 nitrogen and oxygen atoms in total. The van der Waals surface area contributed by atoms with Crippen molar-refractivity contribution in [2.45, 2.75) is 40.5 Å². The molecule has 0 saturated heterocycles. The highest BCUT2D eigenvalue weighted by Crippen LogP contribution is 2.19. The number of rotatable bonds is 7. The first-order chi connectivity index (χ1) is 10.1. The third-order valence-corrected chi connectivity index (χ3v) is 3.78. The van der Waals surface area contributed by atoms with E-state index in [-0.39, 0.29) is 0 Å². The zero-order valence-corrected chi connectivity index (χ0v) is 13.6. The smallest absolute Gasteiger partial charge is 0.153 e. The van der Waals surface area contributed by atoms with Crippen molar-refractivity contribution in [3.05, 3.63) is 41.3 Å². The number of aromatic nitrogens is 3. The van der Waals surface area contributed by atoms with E-state index in [2.05, 4.69) is 43.1 Å². The van der Waals surface area contributed by atoms with Crippen LogP contribution in [-0.4, -0.2) is 27.9 Å². The third-order valence-electron chi connectivity index (χ3n) is 3.78. The topological polar surface area (TPSA) is 42.7 Å². The summed E-state index contributed by atoms with van der Waals surface area (Å²) in [6.45, 7) is 10.9. The molecule has 2 heterocycles. The number of pyridine rings is 1. The minimum atomic E-state index is 0.607. The van der Waals surface area contributed by atoms with Gasteiger partial charge in [-0.2, -0.15) is 5.10 Å². The highest BCUT2D eigenvalue weighted by Gasteiger charge is 2.15. The first kappa shape index (κ1) is 15.7. The van der Waals surface area contributed by atoms with Gasteiger partial charge in [-0.25, -0.2) is 9.67 Å². The van der Waals surface area contributed by atoms with Crippen LogP contribution in [0.15, 0.2) is 24.4 Å². The Balaban J connectivity index is 2.13. The van der Waals surface area contributed by atoms with Crippen molar-refractivity contribution in [2.75, 3.05) is 13.1 Å². The van der Waals surface area contributed by atoms with Gasteiger partial charge < -0.3 is 5.32 Å². The Kier molecular flexibility index (Phi) is 5.51. The fraction of sp³-hybridized carbons (Fsp3) is 0.529. The van der Waals surface area contributed by atoms with Crippen molar-refractivity contribution in [1.82, 2.24) is 20.1 Å². The van der Waals surface area contributed by atoms with Gasteiger partial charge in [0.25, 0.3) is 0 Å². The van der Waals surface area contributed by atoms with Gasteiger partial charge in [0, 0.05) is 11.9 Å². The molecule has 2 aromatic heterocycles. The molecule has 1 atom stereocenters. The molecule has 0 fully saturated rings. The predicted molar refractivity (Wildman–Crippen MR) is 86.9 cm³/mol. The molecule has 4 heteroatoms. The average molecular weight is 286 g/mol. The predicted octanol–water partition coefficient (Wildman–Crippen LogP) is 3.06. The summed E-state index contributed by atoms with van der Waals surface area (Å²) in [6.07, 6.45) is 4.05. The van der Waals surface area contributed by atoms with Crippen LogP contribution in [0.3, 0.4) is 0 Å². The highest BCUT2D eigenvalue weighted by atomic mass is 15.3. The second-order valence-corrected chi connectivity index (χ2v) is 5.76. The normalized spacial score (nSPS) is 12.6. The molecule has 0 radical (unpaired) electrons. The van der Waals surface area contributed by atoms with E-state index in [1.807, 2.05) is 29.1 Å². The average Bonchev–Trinajstić information content (AvgIpc) is 2.76. The van der Waals surface area contributed by atoms with Crippen molar-refractivity contribution in [2.24, 2.45) is 5.92 Å². The lowest BCUT2D eigenvalue weighted by Gasteiger charge is -2.12. The van der Waals surface area contributed by atoms with Crippen molar-refractivity contribution in [3.8, 4) is 5.82 Å². The standard InChI is InChI=1S/C17H26N4/c1-5-9-18-12-13(2)11-16-14(3)20-21(15(16)4)17-8-6-7-10-19-17/h6-8,10,13,18H,5,9,11-12H2,1-4H3. The van der Waals surface area contributed by atoms with E-state index in [4.69, 9.17) is 0 Å². The SMILES string of the molecule is CCCNCC(C)Cc1c(C)nn(-c2ccccn2)c1C. The third kappa shape index (κ3) is 3.91. The molecule has 0 aliphatic heterocycles. The van der Waals surface area contributed by atoms with Crippen LogP contribution in [0.5, 0.6) is 0 Å². The Morgan fingerprint density at radius 2 is 2.10 bits per heavy atom. The molecule has 2 aromatic rings. The van der Waals surface area contributed by atoms with Gasteiger partial charge in [-0.05, 0) is 63.4 Å². The zero-order valence-electron chi connectivity index (χ0n) is 13.6. The Morgan fingerprint density at radius 3 is 2.76 bits per heavy atom. The molecule has 0 aliphatic carbocycles.